The number of nitrogens with zero attached hydrogens (tertiary/aromatic N) is 2. The molecule has 0 bridgehead atoms. The molecule has 6 nitrogen and oxygen atoms in total. The van der Waals surface area contributed by atoms with Crippen molar-refractivity contribution in [2.45, 2.75) is 32.2 Å². The Bertz CT molecular complexity index is 726. The number of nitrogens with one attached hydrogen (secondary N) is 2. The number of guanidine groups is 1. The Kier molecular flexibility index (Phi) is 7.74. The van der Waals surface area contributed by atoms with Crippen LogP contribution in [0.3, 0.4) is 0 Å². The number of furan rings is 1. The van der Waals surface area contributed by atoms with Crippen LogP contribution in [0, 0.1) is 0 Å². The first kappa shape index (κ1) is 20.5. The second kappa shape index (κ2) is 9.80. The molecule has 7 heteroatoms. The molecule has 1 fully saturated rings. The molecule has 1 aromatic heterocycles. The summed E-state index contributed by atoms with van der Waals surface area (Å²) in [7, 11) is 1.85. The summed E-state index contributed by atoms with van der Waals surface area (Å²) in [6.45, 7) is 4.22. The molecule has 0 spiro atoms. The second-order valence-corrected chi connectivity index (χ2v) is 6.42. The van der Waals surface area contributed by atoms with Crippen LogP contribution in [0.5, 0.6) is 0 Å². The molecule has 1 amide bonds. The van der Waals surface area contributed by atoms with Crippen molar-refractivity contribution in [1.82, 2.24) is 15.5 Å². The molecule has 2 N–H and O–H groups in total. The summed E-state index contributed by atoms with van der Waals surface area (Å²) < 4.78 is 5.83. The van der Waals surface area contributed by atoms with Crippen LogP contribution in [0.15, 0.2) is 39.7 Å². The third-order valence-electron chi connectivity index (χ3n) is 4.42. The largest absolute Gasteiger partial charge is 0.461 e. The maximum atomic E-state index is 11.6. The highest BCUT2D eigenvalue weighted by atomic mass is 127. The summed E-state index contributed by atoms with van der Waals surface area (Å²) in [4.78, 5) is 18.0. The molecule has 1 aliphatic heterocycles. The van der Waals surface area contributed by atoms with E-state index in [2.05, 4.69) is 27.8 Å². The number of carbonyl (C=O) groups excluding carboxylic acids is 1. The number of hydrogen-bond acceptors (Lipinski definition) is 3. The molecular weight excluding hydrogens is 443 g/mol. The smallest absolute Gasteiger partial charge is 0.222 e. The van der Waals surface area contributed by atoms with Crippen molar-refractivity contribution < 1.29 is 9.21 Å². The minimum Gasteiger partial charge on any atom is -0.461 e. The first-order chi connectivity index (χ1) is 12.2. The van der Waals surface area contributed by atoms with E-state index in [4.69, 9.17) is 4.42 Å². The summed E-state index contributed by atoms with van der Waals surface area (Å²) in [6, 6.07) is 10.3. The van der Waals surface area contributed by atoms with Crippen molar-refractivity contribution >= 4 is 46.8 Å². The van der Waals surface area contributed by atoms with Crippen LogP contribution in [0.1, 0.15) is 25.5 Å². The molecule has 2 heterocycles. The minimum absolute atomic E-state index is 0. The maximum absolute atomic E-state index is 11.6. The maximum Gasteiger partial charge on any atom is 0.222 e. The fraction of sp³-hybridized carbons (Fsp3) is 0.474. The summed E-state index contributed by atoms with van der Waals surface area (Å²) in [6.07, 6.45) is 2.19. The Morgan fingerprint density at radius 2 is 2.19 bits per heavy atom. The zero-order chi connectivity index (χ0) is 17.6. The summed E-state index contributed by atoms with van der Waals surface area (Å²) in [5.41, 5.74) is 0.918. The van der Waals surface area contributed by atoms with E-state index in [9.17, 15) is 4.79 Å². The molecule has 2 aromatic rings. The number of aliphatic imine (C=N–C) groups is 1. The van der Waals surface area contributed by atoms with Crippen molar-refractivity contribution in [3.8, 4) is 0 Å². The lowest BCUT2D eigenvalue weighted by atomic mass is 10.1. The predicted molar refractivity (Wildman–Crippen MR) is 115 cm³/mol. The molecule has 142 valence electrons. The van der Waals surface area contributed by atoms with Gasteiger partial charge in [0.2, 0.25) is 5.91 Å². The Labute approximate surface area is 171 Å². The van der Waals surface area contributed by atoms with E-state index in [1.807, 2.05) is 32.2 Å². The second-order valence-electron chi connectivity index (χ2n) is 6.42. The Balaban J connectivity index is 0.00000243. The monoisotopic (exact) mass is 470 g/mol. The number of amides is 1. The molecule has 0 radical (unpaired) electrons. The lowest BCUT2D eigenvalue weighted by molar-refractivity contribution is -0.132. The van der Waals surface area contributed by atoms with Gasteiger partial charge < -0.3 is 20.0 Å². The SMILES string of the molecule is CCNC(=NCCc1cc2ccccc2o1)NC1CCC(=O)N(C)C1.I. The molecule has 1 aliphatic rings. The first-order valence-electron chi connectivity index (χ1n) is 8.92. The molecule has 1 atom stereocenters. The third-order valence-corrected chi connectivity index (χ3v) is 4.42. The van der Waals surface area contributed by atoms with Gasteiger partial charge in [-0.3, -0.25) is 9.79 Å². The average molecular weight is 470 g/mol. The van der Waals surface area contributed by atoms with Crippen LogP contribution in [0.25, 0.3) is 11.0 Å². The quantitative estimate of drug-likeness (QED) is 0.401. The topological polar surface area (TPSA) is 69.9 Å². The van der Waals surface area contributed by atoms with Gasteiger partial charge in [0.05, 0.1) is 0 Å². The van der Waals surface area contributed by atoms with E-state index in [0.29, 0.717) is 19.5 Å². The molecule has 26 heavy (non-hydrogen) atoms. The van der Waals surface area contributed by atoms with E-state index >= 15 is 0 Å². The number of halogens is 1. The number of likely N-dealkylation sites (N-methyl/N-ethyl adjacent to an activating group) is 1. The van der Waals surface area contributed by atoms with Gasteiger partial charge in [-0.1, -0.05) is 18.2 Å². The molecule has 3 rings (SSSR count). The third kappa shape index (κ3) is 5.36. The zero-order valence-corrected chi connectivity index (χ0v) is 17.7. The molecule has 1 aromatic carbocycles. The van der Waals surface area contributed by atoms with Gasteiger partial charge >= 0.3 is 0 Å². The Hall–Kier alpha value is -1.77. The van der Waals surface area contributed by atoms with Gasteiger partial charge in [-0.2, -0.15) is 0 Å². The van der Waals surface area contributed by atoms with Crippen LogP contribution in [0.2, 0.25) is 0 Å². The van der Waals surface area contributed by atoms with Crippen LogP contribution < -0.4 is 10.6 Å². The van der Waals surface area contributed by atoms with Crippen LogP contribution in [-0.2, 0) is 11.2 Å². The number of para-hydroxylation sites is 1. The summed E-state index contributed by atoms with van der Waals surface area (Å²) in [5, 5.41) is 7.84. The zero-order valence-electron chi connectivity index (χ0n) is 15.3. The van der Waals surface area contributed by atoms with Gasteiger partial charge in [-0.25, -0.2) is 0 Å². The van der Waals surface area contributed by atoms with E-state index in [-0.39, 0.29) is 35.9 Å². The highest BCUT2D eigenvalue weighted by Crippen LogP contribution is 2.19. The van der Waals surface area contributed by atoms with Crippen LogP contribution >= 0.6 is 24.0 Å². The number of benzene rings is 1. The van der Waals surface area contributed by atoms with Gasteiger partial charge in [-0.15, -0.1) is 24.0 Å². The predicted octanol–water partition coefficient (Wildman–Crippen LogP) is 2.77. The van der Waals surface area contributed by atoms with Crippen molar-refractivity contribution in [3.05, 3.63) is 36.1 Å². The average Bonchev–Trinajstić information content (AvgIpc) is 3.01. The van der Waals surface area contributed by atoms with E-state index < -0.39 is 0 Å². The summed E-state index contributed by atoms with van der Waals surface area (Å²) in [5.74, 6) is 1.96. The minimum atomic E-state index is 0. The number of likely N-dealkylation sites (tertiary alicyclic amines) is 1. The molecule has 1 saturated heterocycles. The molecular formula is C19H27IN4O2. The number of hydrogen-bond donors (Lipinski definition) is 2. The van der Waals surface area contributed by atoms with Crippen molar-refractivity contribution in [1.29, 1.82) is 0 Å². The number of carbonyl (C=O) groups is 1. The fourth-order valence-electron chi connectivity index (χ4n) is 3.08. The fourth-order valence-corrected chi connectivity index (χ4v) is 3.08. The van der Waals surface area contributed by atoms with Gasteiger partial charge in [-0.05, 0) is 25.5 Å². The van der Waals surface area contributed by atoms with E-state index in [1.54, 1.807) is 4.90 Å². The van der Waals surface area contributed by atoms with Crippen molar-refractivity contribution in [3.63, 3.8) is 0 Å². The number of fused-ring (bicyclic) bond motifs is 1. The molecule has 0 aliphatic carbocycles. The standard InChI is InChI=1S/C19H26N4O2.HI/c1-3-20-19(22-15-8-9-18(24)23(2)13-15)21-11-10-16-12-14-6-4-5-7-17(14)25-16;/h4-7,12,15H,3,8-11,13H2,1-2H3,(H2,20,21,22);1H. The number of rotatable bonds is 5. The Morgan fingerprint density at radius 3 is 2.92 bits per heavy atom. The summed E-state index contributed by atoms with van der Waals surface area (Å²) >= 11 is 0. The van der Waals surface area contributed by atoms with E-state index in [0.717, 1.165) is 42.1 Å². The van der Waals surface area contributed by atoms with Crippen molar-refractivity contribution in [2.75, 3.05) is 26.7 Å². The highest BCUT2D eigenvalue weighted by Gasteiger charge is 2.23. The lowest BCUT2D eigenvalue weighted by Gasteiger charge is -2.31. The van der Waals surface area contributed by atoms with Crippen LogP contribution in [-0.4, -0.2) is 49.5 Å². The number of piperidine rings is 1. The van der Waals surface area contributed by atoms with Crippen molar-refractivity contribution in [2.24, 2.45) is 4.99 Å². The highest BCUT2D eigenvalue weighted by molar-refractivity contribution is 14.0. The Morgan fingerprint density at radius 1 is 1.38 bits per heavy atom. The lowest BCUT2D eigenvalue weighted by Crippen LogP contribution is -2.51. The van der Waals surface area contributed by atoms with Gasteiger partial charge in [0.1, 0.15) is 11.3 Å². The van der Waals surface area contributed by atoms with Gasteiger partial charge in [0.25, 0.3) is 0 Å². The molecule has 1 unspecified atom stereocenters. The first-order valence-corrected chi connectivity index (χ1v) is 8.92. The molecule has 0 saturated carbocycles. The van der Waals surface area contributed by atoms with Gasteiger partial charge in [0.15, 0.2) is 5.96 Å². The van der Waals surface area contributed by atoms with E-state index in [1.165, 1.54) is 0 Å². The normalized spacial score (nSPS) is 17.9. The van der Waals surface area contributed by atoms with Crippen LogP contribution in [0.4, 0.5) is 0 Å². The van der Waals surface area contributed by atoms with Gasteiger partial charge in [0, 0.05) is 51.0 Å².